The summed E-state index contributed by atoms with van der Waals surface area (Å²) >= 11 is 13.2. The van der Waals surface area contributed by atoms with E-state index >= 15 is 0 Å². The SMILES string of the molecule is CCOc1ccc(-c2nc(COC(=O)CNC(=O)c3ccc(Cl)cc3Cl)cs2)cc1OC. The van der Waals surface area contributed by atoms with E-state index in [2.05, 4.69) is 10.3 Å². The van der Waals surface area contributed by atoms with Crippen LogP contribution in [0.3, 0.4) is 0 Å². The van der Waals surface area contributed by atoms with Crippen molar-refractivity contribution in [2.45, 2.75) is 13.5 Å². The lowest BCUT2D eigenvalue weighted by Gasteiger charge is -2.10. The highest BCUT2D eigenvalue weighted by Crippen LogP contribution is 2.33. The van der Waals surface area contributed by atoms with Crippen molar-refractivity contribution in [3.8, 4) is 22.1 Å². The summed E-state index contributed by atoms with van der Waals surface area (Å²) < 4.78 is 16.1. The minimum Gasteiger partial charge on any atom is -0.493 e. The predicted molar refractivity (Wildman–Crippen MR) is 124 cm³/mol. The van der Waals surface area contributed by atoms with Gasteiger partial charge in [0.05, 0.1) is 30.0 Å². The Morgan fingerprint density at radius 3 is 2.66 bits per heavy atom. The molecule has 7 nitrogen and oxygen atoms in total. The molecule has 0 bridgehead atoms. The van der Waals surface area contributed by atoms with E-state index in [9.17, 15) is 9.59 Å². The van der Waals surface area contributed by atoms with Crippen LogP contribution >= 0.6 is 34.5 Å². The van der Waals surface area contributed by atoms with Crippen LogP contribution in [0.5, 0.6) is 11.5 Å². The largest absolute Gasteiger partial charge is 0.493 e. The van der Waals surface area contributed by atoms with E-state index in [-0.39, 0.29) is 23.7 Å². The second-order valence-corrected chi connectivity index (χ2v) is 8.11. The normalized spacial score (nSPS) is 10.5. The second-order valence-electron chi connectivity index (χ2n) is 6.41. The standard InChI is InChI=1S/C22H20Cl2N2O5S/c1-3-30-18-7-4-13(8-19(18)29-2)22-26-15(12-32-22)11-31-20(27)10-25-21(28)16-6-5-14(23)9-17(16)24/h4-9,12H,3,10-11H2,1-2H3,(H,25,28). The summed E-state index contributed by atoms with van der Waals surface area (Å²) in [6, 6.07) is 10.0. The lowest BCUT2D eigenvalue weighted by atomic mass is 10.2. The van der Waals surface area contributed by atoms with Gasteiger partial charge < -0.3 is 19.5 Å². The number of aromatic nitrogens is 1. The van der Waals surface area contributed by atoms with Crippen LogP contribution in [0.25, 0.3) is 10.6 Å². The Kier molecular flexibility index (Phi) is 8.33. The van der Waals surface area contributed by atoms with Gasteiger partial charge in [-0.05, 0) is 43.3 Å². The lowest BCUT2D eigenvalue weighted by molar-refractivity contribution is -0.143. The number of nitrogens with zero attached hydrogens (tertiary/aromatic N) is 1. The summed E-state index contributed by atoms with van der Waals surface area (Å²) in [4.78, 5) is 28.7. The monoisotopic (exact) mass is 494 g/mol. The molecule has 0 saturated heterocycles. The fourth-order valence-corrected chi connectivity index (χ4v) is 4.00. The van der Waals surface area contributed by atoms with Gasteiger partial charge in [0, 0.05) is 16.0 Å². The van der Waals surface area contributed by atoms with Crippen molar-refractivity contribution in [2.75, 3.05) is 20.3 Å². The zero-order valence-electron chi connectivity index (χ0n) is 17.3. The molecule has 0 radical (unpaired) electrons. The third-order valence-corrected chi connectivity index (χ3v) is 5.70. The summed E-state index contributed by atoms with van der Waals surface area (Å²) in [6.07, 6.45) is 0. The highest BCUT2D eigenvalue weighted by Gasteiger charge is 2.14. The van der Waals surface area contributed by atoms with Gasteiger partial charge in [-0.15, -0.1) is 11.3 Å². The number of hydrogen-bond donors (Lipinski definition) is 1. The van der Waals surface area contributed by atoms with E-state index in [1.165, 1.54) is 23.5 Å². The van der Waals surface area contributed by atoms with Crippen molar-refractivity contribution >= 4 is 46.4 Å². The molecule has 1 amide bonds. The molecule has 3 rings (SSSR count). The number of nitrogens with one attached hydrogen (secondary N) is 1. The third-order valence-electron chi connectivity index (χ3n) is 4.21. The molecule has 1 aromatic heterocycles. The molecular weight excluding hydrogens is 475 g/mol. The molecule has 0 aliphatic carbocycles. The van der Waals surface area contributed by atoms with Crippen molar-refractivity contribution in [1.29, 1.82) is 0 Å². The molecule has 32 heavy (non-hydrogen) atoms. The Morgan fingerprint density at radius 1 is 1.12 bits per heavy atom. The molecule has 168 valence electrons. The predicted octanol–water partition coefficient (Wildman–Crippen LogP) is 5.00. The van der Waals surface area contributed by atoms with Gasteiger partial charge in [-0.1, -0.05) is 23.2 Å². The van der Waals surface area contributed by atoms with Gasteiger partial charge >= 0.3 is 5.97 Å². The minimum absolute atomic E-state index is 0.0128. The molecule has 0 spiro atoms. The maximum Gasteiger partial charge on any atom is 0.325 e. The summed E-state index contributed by atoms with van der Waals surface area (Å²) in [5.41, 5.74) is 1.68. The Bertz CT molecular complexity index is 1120. The molecule has 1 N–H and O–H groups in total. The summed E-state index contributed by atoms with van der Waals surface area (Å²) in [5, 5.41) is 5.64. The smallest absolute Gasteiger partial charge is 0.325 e. The summed E-state index contributed by atoms with van der Waals surface area (Å²) in [6.45, 7) is 2.13. The number of esters is 1. The second kappa shape index (κ2) is 11.2. The number of methoxy groups -OCH3 is 1. The van der Waals surface area contributed by atoms with Gasteiger partial charge in [0.1, 0.15) is 18.2 Å². The Morgan fingerprint density at radius 2 is 1.94 bits per heavy atom. The van der Waals surface area contributed by atoms with Gasteiger partial charge in [-0.25, -0.2) is 4.98 Å². The van der Waals surface area contributed by atoms with Crippen LogP contribution in [-0.4, -0.2) is 37.1 Å². The Labute approximate surface area is 199 Å². The van der Waals surface area contributed by atoms with Gasteiger partial charge in [0.25, 0.3) is 5.91 Å². The van der Waals surface area contributed by atoms with Crippen LogP contribution in [0.2, 0.25) is 10.0 Å². The van der Waals surface area contributed by atoms with Crippen molar-refractivity contribution in [3.05, 3.63) is 63.1 Å². The van der Waals surface area contributed by atoms with Gasteiger partial charge in [0.15, 0.2) is 11.5 Å². The van der Waals surface area contributed by atoms with Crippen LogP contribution in [0.15, 0.2) is 41.8 Å². The molecule has 0 unspecified atom stereocenters. The Balaban J connectivity index is 1.53. The van der Waals surface area contributed by atoms with E-state index in [4.69, 9.17) is 37.4 Å². The first kappa shape index (κ1) is 23.8. The van der Waals surface area contributed by atoms with Gasteiger partial charge in [-0.3, -0.25) is 9.59 Å². The number of amides is 1. The number of thiazole rings is 1. The highest BCUT2D eigenvalue weighted by atomic mass is 35.5. The summed E-state index contributed by atoms with van der Waals surface area (Å²) in [7, 11) is 1.58. The molecule has 10 heteroatoms. The lowest BCUT2D eigenvalue weighted by Crippen LogP contribution is -2.30. The Hall–Kier alpha value is -2.81. The molecule has 0 aliphatic rings. The van der Waals surface area contributed by atoms with Crippen LogP contribution in [0, 0.1) is 0 Å². The van der Waals surface area contributed by atoms with Crippen LogP contribution in [0.1, 0.15) is 23.0 Å². The van der Waals surface area contributed by atoms with Crippen molar-refractivity contribution in [1.82, 2.24) is 10.3 Å². The van der Waals surface area contributed by atoms with Crippen molar-refractivity contribution in [3.63, 3.8) is 0 Å². The number of benzene rings is 2. The molecule has 3 aromatic rings. The number of carbonyl (C=O) groups is 2. The number of hydrogen-bond acceptors (Lipinski definition) is 7. The van der Waals surface area contributed by atoms with Gasteiger partial charge in [-0.2, -0.15) is 0 Å². The first-order valence-corrected chi connectivity index (χ1v) is 11.2. The number of rotatable bonds is 9. The minimum atomic E-state index is -0.597. The molecule has 2 aromatic carbocycles. The average molecular weight is 495 g/mol. The zero-order chi connectivity index (χ0) is 23.1. The molecule has 0 fully saturated rings. The molecule has 0 aliphatic heterocycles. The number of halogens is 2. The molecule has 0 atom stereocenters. The zero-order valence-corrected chi connectivity index (χ0v) is 19.6. The molecular formula is C22H20Cl2N2O5S. The first-order valence-electron chi connectivity index (χ1n) is 9.55. The fourth-order valence-electron chi connectivity index (χ4n) is 2.71. The van der Waals surface area contributed by atoms with E-state index in [0.717, 1.165) is 10.6 Å². The first-order chi connectivity index (χ1) is 15.4. The van der Waals surface area contributed by atoms with E-state index in [0.29, 0.717) is 28.8 Å². The van der Waals surface area contributed by atoms with Crippen molar-refractivity contribution in [2.24, 2.45) is 0 Å². The van der Waals surface area contributed by atoms with Crippen molar-refractivity contribution < 1.29 is 23.8 Å². The maximum atomic E-state index is 12.2. The molecule has 0 saturated carbocycles. The average Bonchev–Trinajstić information content (AvgIpc) is 3.25. The third kappa shape index (κ3) is 6.12. The topological polar surface area (TPSA) is 86.8 Å². The van der Waals surface area contributed by atoms with Crippen LogP contribution in [0.4, 0.5) is 0 Å². The summed E-state index contributed by atoms with van der Waals surface area (Å²) in [5.74, 6) is 0.181. The van der Waals surface area contributed by atoms with Crippen LogP contribution in [-0.2, 0) is 16.1 Å². The highest BCUT2D eigenvalue weighted by molar-refractivity contribution is 7.13. The number of ether oxygens (including phenoxy) is 3. The number of carbonyl (C=O) groups excluding carboxylic acids is 2. The van der Waals surface area contributed by atoms with E-state index in [1.807, 2.05) is 25.1 Å². The van der Waals surface area contributed by atoms with E-state index in [1.54, 1.807) is 18.6 Å². The maximum absolute atomic E-state index is 12.2. The quantitative estimate of drug-likeness (QED) is 0.421. The molecule has 1 heterocycles. The fraction of sp³-hybridized carbons (Fsp3) is 0.227. The van der Waals surface area contributed by atoms with Crippen LogP contribution < -0.4 is 14.8 Å². The van der Waals surface area contributed by atoms with Gasteiger partial charge in [0.2, 0.25) is 0 Å². The van der Waals surface area contributed by atoms with E-state index < -0.39 is 11.9 Å².